The zero-order valence-corrected chi connectivity index (χ0v) is 15.7. The van der Waals surface area contributed by atoms with Crippen molar-refractivity contribution >= 4 is 11.8 Å². The molecule has 0 radical (unpaired) electrons. The lowest BCUT2D eigenvalue weighted by Crippen LogP contribution is -2.16. The summed E-state index contributed by atoms with van der Waals surface area (Å²) in [5, 5.41) is 9.66. The second-order valence-electron chi connectivity index (χ2n) is 6.51. The third-order valence-corrected chi connectivity index (χ3v) is 5.57. The van der Waals surface area contributed by atoms with Crippen LogP contribution in [-0.4, -0.2) is 38.2 Å². The Hall–Kier alpha value is -2.25. The Bertz CT molecular complexity index is 863. The highest BCUT2D eigenvalue weighted by Gasteiger charge is 2.21. The first-order chi connectivity index (χ1) is 13.3. The molecule has 4 rings (SSSR count). The van der Waals surface area contributed by atoms with E-state index >= 15 is 0 Å². The van der Waals surface area contributed by atoms with E-state index in [0.29, 0.717) is 0 Å². The van der Waals surface area contributed by atoms with Crippen molar-refractivity contribution in [1.29, 1.82) is 0 Å². The normalized spacial score (nSPS) is 16.7. The summed E-state index contributed by atoms with van der Waals surface area (Å²) in [6.45, 7) is 1.53. The molecule has 27 heavy (non-hydrogen) atoms. The number of benzene rings is 1. The van der Waals surface area contributed by atoms with Gasteiger partial charge in [0.2, 0.25) is 0 Å². The van der Waals surface area contributed by atoms with Crippen LogP contribution >= 0.6 is 11.8 Å². The highest BCUT2D eigenvalue weighted by Crippen LogP contribution is 2.27. The van der Waals surface area contributed by atoms with Crippen molar-refractivity contribution in [3.05, 3.63) is 60.2 Å². The molecule has 0 aliphatic carbocycles. The van der Waals surface area contributed by atoms with E-state index in [1.807, 2.05) is 24.5 Å². The molecule has 0 spiro atoms. The van der Waals surface area contributed by atoms with Gasteiger partial charge in [-0.2, -0.15) is 0 Å². The molecule has 3 aromatic rings. The molecule has 1 unspecified atom stereocenters. The number of aryl methyl sites for hydroxylation is 1. The van der Waals surface area contributed by atoms with Crippen LogP contribution in [-0.2, 0) is 17.7 Å². The minimum absolute atomic E-state index is 0.180. The van der Waals surface area contributed by atoms with Crippen LogP contribution < -0.4 is 0 Å². The Kier molecular flexibility index (Phi) is 5.79. The first-order valence-electron chi connectivity index (χ1n) is 9.12. The number of thioether (sulfide) groups is 1. The summed E-state index contributed by atoms with van der Waals surface area (Å²) in [6, 6.07) is 10.5. The quantitative estimate of drug-likeness (QED) is 0.577. The summed E-state index contributed by atoms with van der Waals surface area (Å²) in [5.74, 6) is 1.41. The Morgan fingerprint density at radius 2 is 1.93 bits per heavy atom. The van der Waals surface area contributed by atoms with E-state index in [0.717, 1.165) is 54.7 Å². The number of rotatable bonds is 7. The van der Waals surface area contributed by atoms with Gasteiger partial charge in [-0.3, -0.25) is 9.55 Å². The molecule has 140 valence electrons. The number of nitrogens with zero attached hydrogens (tertiary/aromatic N) is 4. The van der Waals surface area contributed by atoms with Crippen LogP contribution in [0.5, 0.6) is 0 Å². The van der Waals surface area contributed by atoms with Crippen LogP contribution in [0.3, 0.4) is 0 Å². The van der Waals surface area contributed by atoms with Crippen molar-refractivity contribution < 1.29 is 9.13 Å². The molecule has 2 aromatic heterocycles. The molecule has 1 atom stereocenters. The molecule has 1 aliphatic rings. The fraction of sp³-hybridized carbons (Fsp3) is 0.350. The molecule has 1 fully saturated rings. The highest BCUT2D eigenvalue weighted by atomic mass is 32.2. The highest BCUT2D eigenvalue weighted by molar-refractivity contribution is 7.99. The molecular weight excluding hydrogens is 363 g/mol. The number of hydrogen-bond acceptors (Lipinski definition) is 5. The summed E-state index contributed by atoms with van der Waals surface area (Å²) in [7, 11) is 0. The molecule has 0 amide bonds. The molecule has 1 saturated heterocycles. The SMILES string of the molecule is Fc1ccc(-c2nnc(SCCc3ccncc3)n2CC2CCCO2)cc1. The van der Waals surface area contributed by atoms with Gasteiger partial charge < -0.3 is 4.74 Å². The summed E-state index contributed by atoms with van der Waals surface area (Å²) in [6.07, 6.45) is 6.87. The molecule has 0 N–H and O–H groups in total. The van der Waals surface area contributed by atoms with Crippen molar-refractivity contribution in [3.8, 4) is 11.4 Å². The van der Waals surface area contributed by atoms with Crippen LogP contribution in [0.1, 0.15) is 18.4 Å². The molecule has 0 saturated carbocycles. The molecule has 3 heterocycles. The van der Waals surface area contributed by atoms with Crippen LogP contribution in [0.15, 0.2) is 53.9 Å². The van der Waals surface area contributed by atoms with Gasteiger partial charge in [-0.25, -0.2) is 4.39 Å². The number of ether oxygens (including phenoxy) is 1. The second-order valence-corrected chi connectivity index (χ2v) is 7.57. The van der Waals surface area contributed by atoms with Crippen molar-refractivity contribution in [2.75, 3.05) is 12.4 Å². The number of hydrogen-bond donors (Lipinski definition) is 0. The Morgan fingerprint density at radius 1 is 1.11 bits per heavy atom. The van der Waals surface area contributed by atoms with Gasteiger partial charge in [-0.05, 0) is 61.2 Å². The molecule has 5 nitrogen and oxygen atoms in total. The summed E-state index contributed by atoms with van der Waals surface area (Å²) < 4.78 is 21.2. The van der Waals surface area contributed by atoms with E-state index in [-0.39, 0.29) is 11.9 Å². The summed E-state index contributed by atoms with van der Waals surface area (Å²) >= 11 is 1.68. The Labute approximate surface area is 162 Å². The Balaban J connectivity index is 1.53. The smallest absolute Gasteiger partial charge is 0.191 e. The standard InChI is InChI=1S/C20H21FN4OS/c21-17-5-3-16(4-6-17)19-23-24-20(25(19)14-18-2-1-12-26-18)27-13-9-15-7-10-22-11-8-15/h3-8,10-11,18H,1-2,9,12-14H2. The first-order valence-corrected chi connectivity index (χ1v) is 10.1. The Morgan fingerprint density at radius 3 is 2.67 bits per heavy atom. The summed E-state index contributed by atoms with van der Waals surface area (Å²) in [4.78, 5) is 4.05. The van der Waals surface area contributed by atoms with Crippen molar-refractivity contribution in [2.24, 2.45) is 0 Å². The van der Waals surface area contributed by atoms with Gasteiger partial charge in [0.25, 0.3) is 0 Å². The van der Waals surface area contributed by atoms with E-state index in [1.165, 1.54) is 17.7 Å². The van der Waals surface area contributed by atoms with Gasteiger partial charge in [-0.15, -0.1) is 10.2 Å². The fourth-order valence-corrected chi connectivity index (χ4v) is 4.11. The second kappa shape index (κ2) is 8.63. The van der Waals surface area contributed by atoms with E-state index in [2.05, 4.69) is 19.7 Å². The predicted molar refractivity (Wildman–Crippen MR) is 103 cm³/mol. The first kappa shape index (κ1) is 18.1. The average Bonchev–Trinajstić information content (AvgIpc) is 3.34. The monoisotopic (exact) mass is 384 g/mol. The van der Waals surface area contributed by atoms with Crippen molar-refractivity contribution in [2.45, 2.75) is 37.1 Å². The molecule has 7 heteroatoms. The van der Waals surface area contributed by atoms with Gasteiger partial charge in [-0.1, -0.05) is 11.8 Å². The van der Waals surface area contributed by atoms with Crippen LogP contribution in [0.2, 0.25) is 0 Å². The number of halogens is 1. The number of aromatic nitrogens is 4. The summed E-state index contributed by atoms with van der Waals surface area (Å²) in [5.41, 5.74) is 2.12. The lowest BCUT2D eigenvalue weighted by atomic mass is 10.2. The van der Waals surface area contributed by atoms with Crippen LogP contribution in [0.25, 0.3) is 11.4 Å². The lowest BCUT2D eigenvalue weighted by molar-refractivity contribution is 0.0953. The lowest BCUT2D eigenvalue weighted by Gasteiger charge is -2.14. The number of pyridine rings is 1. The third kappa shape index (κ3) is 4.54. The molecule has 1 aliphatic heterocycles. The van der Waals surface area contributed by atoms with Gasteiger partial charge in [0.1, 0.15) is 5.82 Å². The zero-order chi connectivity index (χ0) is 18.5. The van der Waals surface area contributed by atoms with Crippen LogP contribution in [0.4, 0.5) is 4.39 Å². The van der Waals surface area contributed by atoms with Gasteiger partial charge in [0.05, 0.1) is 12.6 Å². The topological polar surface area (TPSA) is 52.8 Å². The largest absolute Gasteiger partial charge is 0.376 e. The molecule has 1 aromatic carbocycles. The fourth-order valence-electron chi connectivity index (χ4n) is 3.17. The third-order valence-electron chi connectivity index (χ3n) is 4.60. The van der Waals surface area contributed by atoms with Crippen molar-refractivity contribution in [1.82, 2.24) is 19.7 Å². The maximum absolute atomic E-state index is 13.3. The van der Waals surface area contributed by atoms with E-state index in [4.69, 9.17) is 4.74 Å². The zero-order valence-electron chi connectivity index (χ0n) is 14.9. The maximum Gasteiger partial charge on any atom is 0.191 e. The molecule has 0 bridgehead atoms. The predicted octanol–water partition coefficient (Wildman–Crippen LogP) is 3.99. The van der Waals surface area contributed by atoms with Gasteiger partial charge >= 0.3 is 0 Å². The van der Waals surface area contributed by atoms with Gasteiger partial charge in [0.15, 0.2) is 11.0 Å². The van der Waals surface area contributed by atoms with Gasteiger partial charge in [0, 0.05) is 30.3 Å². The minimum Gasteiger partial charge on any atom is -0.376 e. The molecular formula is C20H21FN4OS. The maximum atomic E-state index is 13.3. The van der Waals surface area contributed by atoms with Crippen LogP contribution in [0, 0.1) is 5.82 Å². The van der Waals surface area contributed by atoms with E-state index < -0.39 is 0 Å². The minimum atomic E-state index is -0.254. The van der Waals surface area contributed by atoms with E-state index in [1.54, 1.807) is 23.9 Å². The average molecular weight is 384 g/mol. The van der Waals surface area contributed by atoms with E-state index in [9.17, 15) is 4.39 Å². The van der Waals surface area contributed by atoms with Crippen molar-refractivity contribution in [3.63, 3.8) is 0 Å².